The van der Waals surface area contributed by atoms with E-state index in [1.165, 1.54) is 32.9 Å². The van der Waals surface area contributed by atoms with Crippen molar-refractivity contribution < 1.29 is 19.1 Å². The van der Waals surface area contributed by atoms with Gasteiger partial charge in [-0.15, -0.1) is 23.1 Å². The maximum Gasteiger partial charge on any atom is 0.412 e. The molecule has 1 aliphatic carbocycles. The monoisotopic (exact) mass is 588 g/mol. The van der Waals surface area contributed by atoms with E-state index in [9.17, 15) is 14.4 Å². The van der Waals surface area contributed by atoms with Crippen LogP contribution in [0.3, 0.4) is 0 Å². The van der Waals surface area contributed by atoms with Crippen LogP contribution in [0, 0.1) is 0 Å². The molecule has 2 aromatic heterocycles. The first kappa shape index (κ1) is 27.0. The molecule has 1 saturated heterocycles. The van der Waals surface area contributed by atoms with E-state index in [-0.39, 0.29) is 24.5 Å². The Labute approximate surface area is 245 Å². The van der Waals surface area contributed by atoms with Crippen molar-refractivity contribution in [1.29, 1.82) is 0 Å². The van der Waals surface area contributed by atoms with Gasteiger partial charge in [-0.3, -0.25) is 19.4 Å². The molecule has 12 heteroatoms. The van der Waals surface area contributed by atoms with Crippen LogP contribution < -0.4 is 10.2 Å². The van der Waals surface area contributed by atoms with Gasteiger partial charge in [0.1, 0.15) is 23.8 Å². The normalized spacial score (nSPS) is 18.2. The minimum atomic E-state index is -0.841. The molecule has 2 fully saturated rings. The fourth-order valence-corrected chi connectivity index (χ4v) is 6.70. The number of aryl methyl sites for hydroxylation is 1. The number of nitrogens with one attached hydrogen (secondary N) is 1. The van der Waals surface area contributed by atoms with Crippen molar-refractivity contribution in [2.24, 2.45) is 7.05 Å². The van der Waals surface area contributed by atoms with Crippen LogP contribution in [0.15, 0.2) is 78.6 Å². The smallest absolute Gasteiger partial charge is 0.412 e. The topological polar surface area (TPSA) is 110 Å². The molecule has 41 heavy (non-hydrogen) atoms. The molecule has 2 aromatic carbocycles. The number of benzene rings is 2. The Bertz CT molecular complexity index is 1520. The molecule has 10 nitrogen and oxygen atoms in total. The number of carbonyl (C=O) groups excluding carboxylic acids is 3. The second kappa shape index (κ2) is 11.8. The highest BCUT2D eigenvalue weighted by Crippen LogP contribution is 2.43. The van der Waals surface area contributed by atoms with E-state index >= 15 is 0 Å². The summed E-state index contributed by atoms with van der Waals surface area (Å²) in [7, 11) is 1.86. The van der Waals surface area contributed by atoms with Crippen molar-refractivity contribution >= 4 is 51.8 Å². The van der Waals surface area contributed by atoms with Crippen LogP contribution in [-0.2, 0) is 23.2 Å². The van der Waals surface area contributed by atoms with Crippen LogP contribution in [0.5, 0.6) is 0 Å². The van der Waals surface area contributed by atoms with E-state index in [1.807, 2.05) is 41.9 Å². The average molecular weight is 589 g/mol. The van der Waals surface area contributed by atoms with Gasteiger partial charge in [-0.2, -0.15) is 0 Å². The second-order valence-corrected chi connectivity index (χ2v) is 11.8. The lowest BCUT2D eigenvalue weighted by Gasteiger charge is -2.30. The fraction of sp³-hybridized carbons (Fsp3) is 0.276. The second-order valence-electron chi connectivity index (χ2n) is 9.83. The van der Waals surface area contributed by atoms with Crippen LogP contribution in [0.25, 0.3) is 0 Å². The zero-order chi connectivity index (χ0) is 28.3. The predicted molar refractivity (Wildman–Crippen MR) is 157 cm³/mol. The summed E-state index contributed by atoms with van der Waals surface area (Å²) in [5, 5.41) is 4.72. The summed E-state index contributed by atoms with van der Waals surface area (Å²) in [6.07, 6.45) is 6.50. The highest BCUT2D eigenvalue weighted by Gasteiger charge is 2.47. The maximum absolute atomic E-state index is 14.3. The summed E-state index contributed by atoms with van der Waals surface area (Å²) in [5.74, 6) is 0.536. The average Bonchev–Trinajstić information content (AvgIpc) is 3.34. The van der Waals surface area contributed by atoms with Crippen LogP contribution in [0.1, 0.15) is 40.0 Å². The number of hydrogen-bond acceptors (Lipinski definition) is 8. The van der Waals surface area contributed by atoms with Crippen molar-refractivity contribution in [3.8, 4) is 0 Å². The van der Waals surface area contributed by atoms with Gasteiger partial charge in [-0.05, 0) is 42.7 Å². The number of thioether (sulfide) groups is 1. The van der Waals surface area contributed by atoms with Gasteiger partial charge in [-0.25, -0.2) is 14.8 Å². The van der Waals surface area contributed by atoms with E-state index in [1.54, 1.807) is 48.2 Å². The van der Waals surface area contributed by atoms with Gasteiger partial charge >= 0.3 is 6.09 Å². The van der Waals surface area contributed by atoms with E-state index in [2.05, 4.69) is 15.3 Å². The Morgan fingerprint density at radius 2 is 1.83 bits per heavy atom. The lowest BCUT2D eigenvalue weighted by molar-refractivity contribution is -0.121. The third-order valence-electron chi connectivity index (χ3n) is 6.91. The summed E-state index contributed by atoms with van der Waals surface area (Å²) in [5.41, 5.74) is 1.92. The van der Waals surface area contributed by atoms with Crippen molar-refractivity contribution in [3.05, 3.63) is 95.5 Å². The number of thiazole rings is 1. The van der Waals surface area contributed by atoms with E-state index < -0.39 is 17.5 Å². The number of amides is 3. The first-order valence-electron chi connectivity index (χ1n) is 13.2. The third kappa shape index (κ3) is 5.84. The zero-order valence-corrected chi connectivity index (χ0v) is 23.9. The lowest BCUT2D eigenvalue weighted by atomic mass is 10.1. The summed E-state index contributed by atoms with van der Waals surface area (Å²) in [6, 6.07) is 15.7. The molecule has 3 amide bonds. The largest absolute Gasteiger partial charge is 0.444 e. The summed E-state index contributed by atoms with van der Waals surface area (Å²) in [4.78, 5) is 52.4. The van der Waals surface area contributed by atoms with E-state index in [4.69, 9.17) is 4.74 Å². The molecule has 0 radical (unpaired) electrons. The van der Waals surface area contributed by atoms with Crippen molar-refractivity contribution in [1.82, 2.24) is 24.8 Å². The Morgan fingerprint density at radius 1 is 1.05 bits per heavy atom. The Hall–Kier alpha value is -4.16. The molecule has 2 atom stereocenters. The summed E-state index contributed by atoms with van der Waals surface area (Å²) >= 11 is 2.78. The molecule has 2 unspecified atom stereocenters. The Balaban J connectivity index is 1.29. The number of carbonyl (C=O) groups is 3. The fourth-order valence-electron chi connectivity index (χ4n) is 4.59. The highest BCUT2D eigenvalue weighted by molar-refractivity contribution is 7.99. The Morgan fingerprint density at radius 3 is 2.49 bits per heavy atom. The van der Waals surface area contributed by atoms with Crippen LogP contribution in [0.2, 0.25) is 0 Å². The molecule has 4 aromatic rings. The molecule has 2 aliphatic rings. The van der Waals surface area contributed by atoms with Crippen LogP contribution in [0.4, 0.5) is 15.6 Å². The lowest BCUT2D eigenvalue weighted by Crippen LogP contribution is -2.48. The molecule has 6 rings (SSSR count). The molecule has 210 valence electrons. The first-order chi connectivity index (χ1) is 20.0. The molecule has 1 aliphatic heterocycles. The number of hydrogen-bond donors (Lipinski definition) is 1. The molecule has 0 spiro atoms. The number of ether oxygens (including phenoxy) is 1. The molecule has 0 bridgehead atoms. The minimum Gasteiger partial charge on any atom is -0.444 e. The van der Waals surface area contributed by atoms with Gasteiger partial charge in [0.05, 0.1) is 5.69 Å². The number of imidazole rings is 1. The first-order valence-corrected chi connectivity index (χ1v) is 15.1. The van der Waals surface area contributed by atoms with Crippen molar-refractivity contribution in [2.45, 2.75) is 36.9 Å². The molecule has 1 saturated carbocycles. The van der Waals surface area contributed by atoms with Gasteiger partial charge in [0.2, 0.25) is 0 Å². The number of nitrogens with zero attached hydrogens (tertiary/aromatic N) is 5. The minimum absolute atomic E-state index is 0.0790. The third-order valence-corrected chi connectivity index (χ3v) is 8.93. The van der Waals surface area contributed by atoms with Gasteiger partial charge in [0, 0.05) is 48.4 Å². The van der Waals surface area contributed by atoms with Crippen molar-refractivity contribution in [2.75, 3.05) is 10.7 Å². The summed E-state index contributed by atoms with van der Waals surface area (Å²) in [6.45, 7) is 0.0790. The van der Waals surface area contributed by atoms with Crippen LogP contribution >= 0.6 is 23.1 Å². The molecule has 3 heterocycles. The van der Waals surface area contributed by atoms with Gasteiger partial charge in [0.25, 0.3) is 11.8 Å². The molecule has 1 N–H and O–H groups in total. The van der Waals surface area contributed by atoms with Gasteiger partial charge < -0.3 is 14.6 Å². The zero-order valence-electron chi connectivity index (χ0n) is 22.3. The highest BCUT2D eigenvalue weighted by atomic mass is 32.2. The number of anilines is 2. The predicted octanol–water partition coefficient (Wildman–Crippen LogP) is 4.89. The van der Waals surface area contributed by atoms with E-state index in [0.717, 1.165) is 18.4 Å². The summed E-state index contributed by atoms with van der Waals surface area (Å²) < 4.78 is 7.56. The molecular weight excluding hydrogens is 560 g/mol. The van der Waals surface area contributed by atoms with Gasteiger partial charge in [0.15, 0.2) is 5.13 Å². The number of aromatic nitrogens is 3. The number of rotatable bonds is 8. The van der Waals surface area contributed by atoms with Crippen molar-refractivity contribution in [3.63, 3.8) is 0 Å². The standard InChI is InChI=1S/C29H28N6O4S2/c1-33-15-13-30-24(33)27-35(29(38)39-17-19-5-3-2-4-6-19)23(18-41-27)26(37)34(28-31-14-16-40-28)22-11-7-20(8-12-22)25(36)32-21-9-10-21/h2-8,11-16,21,23,27H,9-10,17-18H2,1H3,(H,32,36). The van der Waals surface area contributed by atoms with E-state index in [0.29, 0.717) is 28.0 Å². The molecular formula is C29H28N6O4S2. The van der Waals surface area contributed by atoms with Gasteiger partial charge in [-0.1, -0.05) is 30.3 Å². The SMILES string of the molecule is Cn1ccnc1C1SCC(C(=O)N(c2ccc(C(=O)NC3CC3)cc2)c2nccs2)N1C(=O)OCc1ccccc1. The quantitative estimate of drug-likeness (QED) is 0.312. The van der Waals surface area contributed by atoms with Crippen LogP contribution in [-0.4, -0.2) is 55.2 Å². The Kier molecular flexibility index (Phi) is 7.75. The maximum atomic E-state index is 14.3.